The highest BCUT2D eigenvalue weighted by molar-refractivity contribution is 14.1. The van der Waals surface area contributed by atoms with Crippen LogP contribution in [0.5, 0.6) is 5.75 Å². The topological polar surface area (TPSA) is 20.2 Å². The third kappa shape index (κ3) is 3.53. The van der Waals surface area contributed by atoms with Crippen LogP contribution in [0.25, 0.3) is 0 Å². The molecule has 0 aliphatic heterocycles. The van der Waals surface area contributed by atoms with E-state index in [1.807, 2.05) is 32.9 Å². The number of hydrogen-bond donors (Lipinski definition) is 1. The van der Waals surface area contributed by atoms with E-state index in [-0.39, 0.29) is 5.75 Å². The predicted octanol–water partition coefficient (Wildman–Crippen LogP) is 5.39. The Hall–Kier alpha value is 1.06. The van der Waals surface area contributed by atoms with Crippen molar-refractivity contribution in [2.45, 2.75) is 26.5 Å². The second-order valence-corrected chi connectivity index (χ2v) is 11.1. The Morgan fingerprint density at radius 3 is 1.62 bits per heavy atom. The second-order valence-electron chi connectivity index (χ2n) is 3.99. The van der Waals surface area contributed by atoms with Gasteiger partial charge in [-0.15, -0.1) is 23.2 Å². The van der Waals surface area contributed by atoms with Crippen LogP contribution in [0.2, 0.25) is 0 Å². The van der Waals surface area contributed by atoms with Crippen molar-refractivity contribution in [1.29, 1.82) is 0 Å². The largest absolute Gasteiger partial charge is 0.507 e. The first kappa shape index (κ1) is 15.1. The minimum atomic E-state index is -0.638. The summed E-state index contributed by atoms with van der Waals surface area (Å²) in [5, 5.41) is 10.2. The van der Waals surface area contributed by atoms with Crippen LogP contribution in [0.15, 0.2) is 12.1 Å². The third-order valence-corrected chi connectivity index (χ3v) is 3.77. The zero-order valence-electron chi connectivity index (χ0n) is 9.11. The lowest BCUT2D eigenvalue weighted by atomic mass is 10.0. The van der Waals surface area contributed by atoms with Gasteiger partial charge in [0.25, 0.3) is 0 Å². The molecule has 0 saturated carbocycles. The van der Waals surface area contributed by atoms with Gasteiger partial charge in [-0.1, -0.05) is 50.7 Å². The first-order chi connectivity index (χ1) is 7.03. The van der Waals surface area contributed by atoms with E-state index >= 15 is 0 Å². The summed E-state index contributed by atoms with van der Waals surface area (Å²) in [6.07, 6.45) is 0. The summed E-state index contributed by atoms with van der Waals surface area (Å²) in [7, 11) is 0. The van der Waals surface area contributed by atoms with Crippen LogP contribution in [0.1, 0.15) is 30.5 Å². The van der Waals surface area contributed by atoms with Gasteiger partial charge in [0.2, 0.25) is 0 Å². The van der Waals surface area contributed by atoms with E-state index in [1.165, 1.54) is 0 Å². The summed E-state index contributed by atoms with van der Waals surface area (Å²) in [5.74, 6) is 0.185. The normalized spacial score (nSPS) is 18.9. The number of alkyl halides is 4. The molecule has 90 valence electrons. The first-order valence-electron chi connectivity index (χ1n) is 4.63. The zero-order valence-corrected chi connectivity index (χ0v) is 14.9. The number of aromatic hydroxyl groups is 1. The van der Waals surface area contributed by atoms with Crippen molar-refractivity contribution in [1.82, 2.24) is 0 Å². The maximum absolute atomic E-state index is 10.2. The molecule has 2 unspecified atom stereocenters. The summed E-state index contributed by atoms with van der Waals surface area (Å²) in [4.78, 5) is 0. The number of aryl methyl sites for hydroxylation is 1. The second kappa shape index (κ2) is 4.97. The Morgan fingerprint density at radius 2 is 1.38 bits per heavy atom. The molecule has 1 aromatic rings. The Labute approximate surface area is 133 Å². The van der Waals surface area contributed by atoms with Crippen molar-refractivity contribution in [3.05, 3.63) is 28.8 Å². The molecule has 1 rings (SSSR count). The summed E-state index contributed by atoms with van der Waals surface area (Å²) in [6, 6.07) is 3.77. The number of rotatable bonds is 2. The van der Waals surface area contributed by atoms with Gasteiger partial charge in [0, 0.05) is 11.1 Å². The lowest BCUT2D eigenvalue weighted by molar-refractivity contribution is 0.459. The molecule has 0 radical (unpaired) electrons. The SMILES string of the molecule is Cc1cc(C(C)(Cl)I)c(O)c(C(C)(Cl)I)c1. The molecular weight excluding hydrogens is 473 g/mol. The molecule has 0 aliphatic carbocycles. The Balaban J connectivity index is 3.51. The highest BCUT2D eigenvalue weighted by atomic mass is 127. The molecule has 0 fully saturated rings. The maximum Gasteiger partial charge on any atom is 0.127 e. The van der Waals surface area contributed by atoms with Crippen molar-refractivity contribution < 1.29 is 5.11 Å². The third-order valence-electron chi connectivity index (χ3n) is 2.20. The number of hydrogen-bond acceptors (Lipinski definition) is 1. The Bertz CT molecular complexity index is 370. The Morgan fingerprint density at radius 1 is 1.06 bits per heavy atom. The molecule has 2 atom stereocenters. The molecule has 0 amide bonds. The highest BCUT2D eigenvalue weighted by Gasteiger charge is 2.30. The van der Waals surface area contributed by atoms with Gasteiger partial charge >= 0.3 is 0 Å². The predicted molar refractivity (Wildman–Crippen MR) is 87.3 cm³/mol. The fourth-order valence-electron chi connectivity index (χ4n) is 1.45. The Kier molecular flexibility index (Phi) is 4.70. The molecule has 0 saturated heterocycles. The number of benzene rings is 1. The van der Waals surface area contributed by atoms with Crippen molar-refractivity contribution in [2.24, 2.45) is 0 Å². The summed E-state index contributed by atoms with van der Waals surface area (Å²) in [6.45, 7) is 5.64. The summed E-state index contributed by atoms with van der Waals surface area (Å²) < 4.78 is -1.28. The van der Waals surface area contributed by atoms with E-state index in [1.54, 1.807) is 0 Å². The molecule has 1 aromatic carbocycles. The van der Waals surface area contributed by atoms with Gasteiger partial charge in [-0.2, -0.15) is 0 Å². The van der Waals surface area contributed by atoms with Crippen molar-refractivity contribution >= 4 is 68.4 Å². The van der Waals surface area contributed by atoms with Gasteiger partial charge in [-0.05, 0) is 32.9 Å². The number of halogens is 4. The first-order valence-corrected chi connectivity index (χ1v) is 7.55. The maximum atomic E-state index is 10.2. The van der Waals surface area contributed by atoms with E-state index in [9.17, 15) is 5.11 Å². The molecule has 5 heteroatoms. The lowest BCUT2D eigenvalue weighted by Crippen LogP contribution is -2.10. The monoisotopic (exact) mass is 484 g/mol. The van der Waals surface area contributed by atoms with Gasteiger partial charge in [0.05, 0.1) is 0 Å². The zero-order chi connectivity index (χ0) is 12.7. The molecule has 0 aromatic heterocycles. The van der Waals surface area contributed by atoms with Gasteiger partial charge < -0.3 is 5.11 Å². The highest BCUT2D eigenvalue weighted by Crippen LogP contribution is 2.48. The minimum absolute atomic E-state index is 0.185. The van der Waals surface area contributed by atoms with Crippen LogP contribution in [0.4, 0.5) is 0 Å². The van der Waals surface area contributed by atoms with Gasteiger partial charge in [0.1, 0.15) is 11.5 Å². The molecule has 16 heavy (non-hydrogen) atoms. The summed E-state index contributed by atoms with van der Waals surface area (Å²) >= 11 is 16.7. The van der Waals surface area contributed by atoms with Crippen LogP contribution in [-0.4, -0.2) is 5.11 Å². The number of phenols is 1. The van der Waals surface area contributed by atoms with E-state index in [2.05, 4.69) is 45.2 Å². The molecule has 0 spiro atoms. The lowest BCUT2D eigenvalue weighted by Gasteiger charge is -2.23. The van der Waals surface area contributed by atoms with Crippen LogP contribution in [-0.2, 0) is 5.76 Å². The fourth-order valence-corrected chi connectivity index (χ4v) is 2.56. The minimum Gasteiger partial charge on any atom is -0.507 e. The van der Waals surface area contributed by atoms with Gasteiger partial charge in [-0.25, -0.2) is 0 Å². The average molecular weight is 485 g/mol. The molecule has 1 N–H and O–H groups in total. The molecule has 0 aliphatic rings. The van der Waals surface area contributed by atoms with Crippen molar-refractivity contribution in [2.75, 3.05) is 0 Å². The van der Waals surface area contributed by atoms with Gasteiger partial charge in [-0.3, -0.25) is 0 Å². The summed E-state index contributed by atoms with van der Waals surface area (Å²) in [5.41, 5.74) is 2.44. The molecule has 0 bridgehead atoms. The van der Waals surface area contributed by atoms with Crippen LogP contribution < -0.4 is 0 Å². The molecular formula is C11H12Cl2I2O. The van der Waals surface area contributed by atoms with Crippen molar-refractivity contribution in [3.63, 3.8) is 0 Å². The average Bonchev–Trinajstić information content (AvgIpc) is 2.04. The smallest absolute Gasteiger partial charge is 0.127 e. The van der Waals surface area contributed by atoms with E-state index < -0.39 is 5.76 Å². The van der Waals surface area contributed by atoms with Crippen LogP contribution in [0, 0.1) is 6.92 Å². The van der Waals surface area contributed by atoms with E-state index in [4.69, 9.17) is 23.2 Å². The number of phenolic OH excluding ortho intramolecular Hbond substituents is 1. The van der Waals surface area contributed by atoms with Crippen LogP contribution >= 0.6 is 68.4 Å². The fraction of sp³-hybridized carbons (Fsp3) is 0.455. The van der Waals surface area contributed by atoms with E-state index in [0.29, 0.717) is 11.1 Å². The van der Waals surface area contributed by atoms with E-state index in [0.717, 1.165) is 5.56 Å². The van der Waals surface area contributed by atoms with Crippen molar-refractivity contribution in [3.8, 4) is 5.75 Å². The molecule has 0 heterocycles. The molecule has 1 nitrogen and oxygen atoms in total. The quantitative estimate of drug-likeness (QED) is 0.440. The van der Waals surface area contributed by atoms with Gasteiger partial charge in [0.15, 0.2) is 0 Å². The standard InChI is InChI=1S/C11H12Cl2I2O/c1-6-4-7(10(2,12)14)9(16)8(5-6)11(3,13)15/h4-5,16H,1-3H3. The van der Waals surface area contributed by atoms with Crippen LogP contribution in [0.3, 0.4) is 0 Å².